The number of hydrogen-bond donors (Lipinski definition) is 0. The van der Waals surface area contributed by atoms with Gasteiger partial charge in [0.25, 0.3) is 0 Å². The van der Waals surface area contributed by atoms with E-state index in [0.29, 0.717) is 5.69 Å². The Hall–Kier alpha value is -3.18. The number of pyridine rings is 1. The molecule has 2 nitrogen and oxygen atoms in total. The highest BCUT2D eigenvalue weighted by atomic mass is 14.7. The van der Waals surface area contributed by atoms with Crippen LogP contribution in [-0.4, -0.2) is 4.98 Å². The fraction of sp³-hybridized carbons (Fsp3) is 0.0909. The summed E-state index contributed by atoms with van der Waals surface area (Å²) in [6.45, 7) is 4.03. The third kappa shape index (κ3) is 2.23. The average molecular weight is 308 g/mol. The monoisotopic (exact) mass is 308 g/mol. The van der Waals surface area contributed by atoms with Crippen LogP contribution in [0.3, 0.4) is 0 Å². The molecule has 114 valence electrons. The van der Waals surface area contributed by atoms with E-state index in [0.717, 1.165) is 27.6 Å². The molecule has 0 amide bonds. The predicted molar refractivity (Wildman–Crippen MR) is 98.9 cm³/mol. The second-order valence-electron chi connectivity index (χ2n) is 6.14. The lowest BCUT2D eigenvalue weighted by Gasteiger charge is -2.12. The summed E-state index contributed by atoms with van der Waals surface area (Å²) in [4.78, 5) is 4.56. The largest absolute Gasteiger partial charge is 0.241 e. The highest BCUT2D eigenvalue weighted by Gasteiger charge is 2.14. The maximum atomic E-state index is 9.62. The molecule has 24 heavy (non-hydrogen) atoms. The molecule has 1 heterocycles. The first kappa shape index (κ1) is 14.4. The van der Waals surface area contributed by atoms with E-state index in [-0.39, 0.29) is 0 Å². The van der Waals surface area contributed by atoms with Crippen LogP contribution in [0.25, 0.3) is 32.7 Å². The third-order valence-corrected chi connectivity index (χ3v) is 4.51. The molecule has 0 aliphatic heterocycles. The number of benzene rings is 3. The molecule has 0 aliphatic carbocycles. The Morgan fingerprint density at radius 1 is 0.833 bits per heavy atom. The molecule has 0 saturated carbocycles. The van der Waals surface area contributed by atoms with Crippen LogP contribution in [0, 0.1) is 25.2 Å². The molecule has 0 atom stereocenters. The van der Waals surface area contributed by atoms with E-state index in [9.17, 15) is 5.26 Å². The molecule has 0 fully saturated rings. The summed E-state index contributed by atoms with van der Waals surface area (Å²) in [5, 5.41) is 14.2. The van der Waals surface area contributed by atoms with Crippen LogP contribution in [0.2, 0.25) is 0 Å². The van der Waals surface area contributed by atoms with E-state index in [4.69, 9.17) is 0 Å². The van der Waals surface area contributed by atoms with Crippen molar-refractivity contribution in [1.29, 1.82) is 5.26 Å². The average Bonchev–Trinajstić information content (AvgIpc) is 2.61. The summed E-state index contributed by atoms with van der Waals surface area (Å²) in [6.07, 6.45) is 0. The van der Waals surface area contributed by atoms with E-state index in [1.807, 2.05) is 19.1 Å². The van der Waals surface area contributed by atoms with Crippen molar-refractivity contribution in [3.8, 4) is 17.2 Å². The SMILES string of the molecule is Cc1ccc(-c2c(C#N)nc(C)c3cc4ccccc4cc23)cc1. The van der Waals surface area contributed by atoms with Crippen LogP contribution in [0.4, 0.5) is 0 Å². The molecule has 0 bridgehead atoms. The Balaban J connectivity index is 2.17. The van der Waals surface area contributed by atoms with E-state index in [2.05, 4.69) is 66.5 Å². The van der Waals surface area contributed by atoms with Gasteiger partial charge in [0.2, 0.25) is 0 Å². The molecular formula is C22H16N2. The Bertz CT molecular complexity index is 1120. The Kier molecular flexibility index (Phi) is 3.29. The van der Waals surface area contributed by atoms with Gasteiger partial charge in [-0.3, -0.25) is 0 Å². The molecule has 0 radical (unpaired) electrons. The minimum atomic E-state index is 0.485. The molecule has 1 aromatic heterocycles. The number of fused-ring (bicyclic) bond motifs is 2. The summed E-state index contributed by atoms with van der Waals surface area (Å²) in [7, 11) is 0. The van der Waals surface area contributed by atoms with Gasteiger partial charge in [-0.15, -0.1) is 0 Å². The highest BCUT2D eigenvalue weighted by Crippen LogP contribution is 2.35. The van der Waals surface area contributed by atoms with E-state index in [1.54, 1.807) is 0 Å². The number of aromatic nitrogens is 1. The summed E-state index contributed by atoms with van der Waals surface area (Å²) in [6, 6.07) is 23.2. The van der Waals surface area contributed by atoms with E-state index >= 15 is 0 Å². The van der Waals surface area contributed by atoms with Crippen LogP contribution < -0.4 is 0 Å². The van der Waals surface area contributed by atoms with Gasteiger partial charge in [0.1, 0.15) is 11.8 Å². The van der Waals surface area contributed by atoms with Gasteiger partial charge in [0, 0.05) is 16.6 Å². The zero-order valence-corrected chi connectivity index (χ0v) is 13.7. The van der Waals surface area contributed by atoms with Crippen LogP contribution in [0.15, 0.2) is 60.7 Å². The number of nitriles is 1. The van der Waals surface area contributed by atoms with Crippen molar-refractivity contribution in [2.75, 3.05) is 0 Å². The van der Waals surface area contributed by atoms with Gasteiger partial charge in [-0.05, 0) is 47.7 Å². The van der Waals surface area contributed by atoms with Crippen LogP contribution >= 0.6 is 0 Å². The lowest BCUT2D eigenvalue weighted by atomic mass is 9.93. The third-order valence-electron chi connectivity index (χ3n) is 4.51. The maximum absolute atomic E-state index is 9.62. The lowest BCUT2D eigenvalue weighted by molar-refractivity contribution is 1.20. The van der Waals surface area contributed by atoms with E-state index < -0.39 is 0 Å². The molecule has 0 spiro atoms. The predicted octanol–water partition coefficient (Wildman–Crippen LogP) is 5.54. The van der Waals surface area contributed by atoms with Crippen molar-refractivity contribution in [2.45, 2.75) is 13.8 Å². The van der Waals surface area contributed by atoms with Crippen molar-refractivity contribution in [1.82, 2.24) is 4.98 Å². The molecule has 4 rings (SSSR count). The molecule has 2 heteroatoms. The number of hydrogen-bond acceptors (Lipinski definition) is 2. The van der Waals surface area contributed by atoms with Crippen LogP contribution in [0.1, 0.15) is 17.0 Å². The fourth-order valence-electron chi connectivity index (χ4n) is 3.25. The Morgan fingerprint density at radius 3 is 2.08 bits per heavy atom. The molecule has 0 aliphatic rings. The van der Waals surface area contributed by atoms with Gasteiger partial charge in [-0.2, -0.15) is 5.26 Å². The zero-order valence-electron chi connectivity index (χ0n) is 13.7. The number of aryl methyl sites for hydroxylation is 2. The molecule has 0 saturated heterocycles. The van der Waals surface area contributed by atoms with Crippen molar-refractivity contribution < 1.29 is 0 Å². The quantitative estimate of drug-likeness (QED) is 0.433. The second kappa shape index (κ2) is 5.47. The van der Waals surface area contributed by atoms with Crippen molar-refractivity contribution >= 4 is 21.5 Å². The molecule has 0 N–H and O–H groups in total. The standard InChI is InChI=1S/C22H16N2/c1-14-7-9-16(10-8-14)22-20-12-18-6-4-3-5-17(18)11-19(20)15(2)24-21(22)13-23/h3-12H,1-2H3. The minimum absolute atomic E-state index is 0.485. The highest BCUT2D eigenvalue weighted by molar-refractivity contribution is 6.06. The second-order valence-corrected chi connectivity index (χ2v) is 6.14. The first-order valence-corrected chi connectivity index (χ1v) is 7.97. The van der Waals surface area contributed by atoms with Crippen molar-refractivity contribution in [3.63, 3.8) is 0 Å². The zero-order chi connectivity index (χ0) is 16.7. The van der Waals surface area contributed by atoms with Gasteiger partial charge < -0.3 is 0 Å². The maximum Gasteiger partial charge on any atom is 0.149 e. The van der Waals surface area contributed by atoms with Crippen LogP contribution in [-0.2, 0) is 0 Å². The van der Waals surface area contributed by atoms with Gasteiger partial charge in [-0.1, -0.05) is 54.1 Å². The van der Waals surface area contributed by atoms with Gasteiger partial charge >= 0.3 is 0 Å². The topological polar surface area (TPSA) is 36.7 Å². The van der Waals surface area contributed by atoms with Gasteiger partial charge in [0.05, 0.1) is 0 Å². The summed E-state index contributed by atoms with van der Waals surface area (Å²) in [5.74, 6) is 0. The number of rotatable bonds is 1. The van der Waals surface area contributed by atoms with Crippen molar-refractivity contribution in [3.05, 3.63) is 77.6 Å². The minimum Gasteiger partial charge on any atom is -0.241 e. The Labute approximate surface area is 141 Å². The summed E-state index contributed by atoms with van der Waals surface area (Å²) in [5.41, 5.74) is 4.53. The molecule has 0 unspecified atom stereocenters. The first-order chi connectivity index (χ1) is 11.7. The lowest BCUT2D eigenvalue weighted by Crippen LogP contribution is -1.95. The molecule has 3 aromatic carbocycles. The molecular weight excluding hydrogens is 292 g/mol. The van der Waals surface area contributed by atoms with Gasteiger partial charge in [0.15, 0.2) is 0 Å². The summed E-state index contributed by atoms with van der Waals surface area (Å²) >= 11 is 0. The Morgan fingerprint density at radius 2 is 1.46 bits per heavy atom. The fourth-order valence-corrected chi connectivity index (χ4v) is 3.25. The summed E-state index contributed by atoms with van der Waals surface area (Å²) < 4.78 is 0. The van der Waals surface area contributed by atoms with E-state index in [1.165, 1.54) is 16.3 Å². The smallest absolute Gasteiger partial charge is 0.149 e. The molecule has 4 aromatic rings. The van der Waals surface area contributed by atoms with Crippen molar-refractivity contribution in [2.24, 2.45) is 0 Å². The normalized spacial score (nSPS) is 10.9. The van der Waals surface area contributed by atoms with Gasteiger partial charge in [-0.25, -0.2) is 4.98 Å². The number of nitrogens with zero attached hydrogens (tertiary/aromatic N) is 2. The van der Waals surface area contributed by atoms with Crippen LogP contribution in [0.5, 0.6) is 0 Å². The first-order valence-electron chi connectivity index (χ1n) is 7.97.